The lowest BCUT2D eigenvalue weighted by Crippen LogP contribution is -2.30. The maximum atomic E-state index is 6.32. The average Bonchev–Trinajstić information content (AvgIpc) is 2.74. The van der Waals surface area contributed by atoms with Crippen molar-refractivity contribution >= 4 is 11.6 Å². The van der Waals surface area contributed by atoms with E-state index in [-0.39, 0.29) is 11.5 Å². The molecule has 3 heteroatoms. The van der Waals surface area contributed by atoms with Crippen molar-refractivity contribution in [2.45, 2.75) is 39.3 Å². The van der Waals surface area contributed by atoms with E-state index >= 15 is 0 Å². The molecule has 3 rings (SSSR count). The summed E-state index contributed by atoms with van der Waals surface area (Å²) in [6.07, 6.45) is 4.32. The molecule has 1 heterocycles. The molecule has 0 fully saturated rings. The van der Waals surface area contributed by atoms with Crippen molar-refractivity contribution in [2.75, 3.05) is 0 Å². The van der Waals surface area contributed by atoms with Crippen molar-refractivity contribution in [1.82, 2.24) is 4.57 Å². The lowest BCUT2D eigenvalue weighted by molar-refractivity contribution is 0.276. The van der Waals surface area contributed by atoms with E-state index in [1.165, 1.54) is 16.8 Å². The predicted octanol–water partition coefficient (Wildman–Crippen LogP) is 4.16. The van der Waals surface area contributed by atoms with Crippen molar-refractivity contribution in [3.8, 4) is 0 Å². The summed E-state index contributed by atoms with van der Waals surface area (Å²) < 4.78 is 2.33. The van der Waals surface area contributed by atoms with Gasteiger partial charge in [0, 0.05) is 29.5 Å². The van der Waals surface area contributed by atoms with Gasteiger partial charge in [-0.05, 0) is 47.6 Å². The topological polar surface area (TPSA) is 30.9 Å². The van der Waals surface area contributed by atoms with Crippen LogP contribution in [-0.4, -0.2) is 4.57 Å². The van der Waals surface area contributed by atoms with Crippen molar-refractivity contribution in [2.24, 2.45) is 11.1 Å². The first-order valence-corrected chi connectivity index (χ1v) is 7.50. The second-order valence-corrected chi connectivity index (χ2v) is 7.06. The average molecular weight is 289 g/mol. The van der Waals surface area contributed by atoms with Crippen LogP contribution in [0.25, 0.3) is 0 Å². The van der Waals surface area contributed by atoms with Crippen LogP contribution in [0.2, 0.25) is 5.02 Å². The Balaban J connectivity index is 1.91. The summed E-state index contributed by atoms with van der Waals surface area (Å²) in [5.74, 6) is 0. The Bertz CT molecular complexity index is 610. The van der Waals surface area contributed by atoms with Crippen molar-refractivity contribution in [1.29, 1.82) is 0 Å². The molecule has 1 aromatic carbocycles. The van der Waals surface area contributed by atoms with E-state index < -0.39 is 0 Å². The number of rotatable bonds is 2. The van der Waals surface area contributed by atoms with Crippen LogP contribution in [0.5, 0.6) is 0 Å². The van der Waals surface area contributed by atoms with Crippen LogP contribution in [0.15, 0.2) is 36.5 Å². The highest BCUT2D eigenvalue weighted by molar-refractivity contribution is 6.30. The van der Waals surface area contributed by atoms with E-state index in [2.05, 4.69) is 42.8 Å². The van der Waals surface area contributed by atoms with Crippen LogP contribution in [0.3, 0.4) is 0 Å². The molecule has 2 aromatic rings. The van der Waals surface area contributed by atoms with E-state index in [1.54, 1.807) is 0 Å². The summed E-state index contributed by atoms with van der Waals surface area (Å²) >= 11 is 5.94. The van der Waals surface area contributed by atoms with Crippen LogP contribution in [0.1, 0.15) is 43.1 Å². The molecule has 106 valence electrons. The number of nitrogens with zero attached hydrogens (tertiary/aromatic N) is 1. The van der Waals surface area contributed by atoms with Crippen LogP contribution >= 0.6 is 11.6 Å². The van der Waals surface area contributed by atoms with Gasteiger partial charge in [0.05, 0.1) is 0 Å². The van der Waals surface area contributed by atoms with E-state index in [1.807, 2.05) is 12.1 Å². The molecule has 1 atom stereocenters. The minimum absolute atomic E-state index is 0.167. The molecule has 2 N–H and O–H groups in total. The molecular weight excluding hydrogens is 268 g/mol. The zero-order valence-electron chi connectivity index (χ0n) is 12.1. The van der Waals surface area contributed by atoms with Crippen molar-refractivity contribution < 1.29 is 0 Å². The molecule has 0 aliphatic heterocycles. The summed E-state index contributed by atoms with van der Waals surface area (Å²) in [4.78, 5) is 0. The van der Waals surface area contributed by atoms with Gasteiger partial charge in [-0.1, -0.05) is 37.6 Å². The Labute approximate surface area is 125 Å². The minimum atomic E-state index is 0.167. The number of hydrogen-bond acceptors (Lipinski definition) is 1. The Morgan fingerprint density at radius 3 is 2.65 bits per heavy atom. The molecule has 2 nitrogen and oxygen atoms in total. The lowest BCUT2D eigenvalue weighted by atomic mass is 9.74. The van der Waals surface area contributed by atoms with Crippen LogP contribution < -0.4 is 5.73 Å². The highest BCUT2D eigenvalue weighted by Crippen LogP contribution is 2.40. The molecular formula is C17H21ClN2. The van der Waals surface area contributed by atoms with E-state index in [9.17, 15) is 0 Å². The Hall–Kier alpha value is -1.25. The van der Waals surface area contributed by atoms with Gasteiger partial charge in [-0.25, -0.2) is 0 Å². The maximum Gasteiger partial charge on any atom is 0.0472 e. The number of nitrogens with two attached hydrogens (primary N) is 1. The Kier molecular flexibility index (Phi) is 3.39. The highest BCUT2D eigenvalue weighted by Gasteiger charge is 2.32. The number of hydrogen-bond donors (Lipinski definition) is 1. The van der Waals surface area contributed by atoms with Crippen LogP contribution in [-0.2, 0) is 13.0 Å². The largest absolute Gasteiger partial charge is 0.347 e. The Morgan fingerprint density at radius 1 is 1.25 bits per heavy atom. The monoisotopic (exact) mass is 288 g/mol. The maximum absolute atomic E-state index is 6.32. The highest BCUT2D eigenvalue weighted by atomic mass is 35.5. The quantitative estimate of drug-likeness (QED) is 0.884. The zero-order chi connectivity index (χ0) is 14.3. The van der Waals surface area contributed by atoms with Gasteiger partial charge in [0.15, 0.2) is 0 Å². The first kappa shape index (κ1) is 13.7. The second-order valence-electron chi connectivity index (χ2n) is 6.62. The SMILES string of the molecule is CC1(C)Cc2c(ccn2Cc2ccc(Cl)cc2)C(N)C1. The van der Waals surface area contributed by atoms with Gasteiger partial charge < -0.3 is 10.3 Å². The smallest absolute Gasteiger partial charge is 0.0472 e. The molecule has 0 saturated heterocycles. The van der Waals surface area contributed by atoms with Gasteiger partial charge >= 0.3 is 0 Å². The van der Waals surface area contributed by atoms with E-state index in [4.69, 9.17) is 17.3 Å². The van der Waals surface area contributed by atoms with E-state index in [0.717, 1.165) is 24.4 Å². The molecule has 0 amide bonds. The predicted molar refractivity (Wildman–Crippen MR) is 84.0 cm³/mol. The molecule has 20 heavy (non-hydrogen) atoms. The van der Waals surface area contributed by atoms with Crippen LogP contribution in [0, 0.1) is 5.41 Å². The fourth-order valence-electron chi connectivity index (χ4n) is 3.23. The third kappa shape index (κ3) is 2.63. The molecule has 0 bridgehead atoms. The first-order chi connectivity index (χ1) is 9.44. The zero-order valence-corrected chi connectivity index (χ0v) is 12.8. The third-order valence-electron chi connectivity index (χ3n) is 4.20. The molecule has 1 aliphatic carbocycles. The molecule has 0 radical (unpaired) electrons. The van der Waals surface area contributed by atoms with Crippen LogP contribution in [0.4, 0.5) is 0 Å². The molecule has 1 aliphatic rings. The fraction of sp³-hybridized carbons (Fsp3) is 0.412. The standard InChI is InChI=1S/C17H21ClN2/c1-17(2)9-15(19)14-7-8-20(16(14)10-17)11-12-3-5-13(18)6-4-12/h3-8,15H,9-11,19H2,1-2H3. The number of benzene rings is 1. The molecule has 0 spiro atoms. The van der Waals surface area contributed by atoms with Gasteiger partial charge in [0.1, 0.15) is 0 Å². The second kappa shape index (κ2) is 4.94. The number of halogens is 1. The number of aromatic nitrogens is 1. The third-order valence-corrected chi connectivity index (χ3v) is 4.45. The Morgan fingerprint density at radius 2 is 1.95 bits per heavy atom. The number of fused-ring (bicyclic) bond motifs is 1. The van der Waals surface area contributed by atoms with Crippen molar-refractivity contribution in [3.63, 3.8) is 0 Å². The summed E-state index contributed by atoms with van der Waals surface area (Å²) in [7, 11) is 0. The van der Waals surface area contributed by atoms with Crippen molar-refractivity contribution in [3.05, 3.63) is 58.4 Å². The van der Waals surface area contributed by atoms with Gasteiger partial charge in [-0.2, -0.15) is 0 Å². The van der Waals surface area contributed by atoms with Gasteiger partial charge in [-0.3, -0.25) is 0 Å². The summed E-state index contributed by atoms with van der Waals surface area (Å²) in [5.41, 5.74) is 10.6. The van der Waals surface area contributed by atoms with Gasteiger partial charge in [-0.15, -0.1) is 0 Å². The lowest BCUT2D eigenvalue weighted by Gasteiger charge is -2.34. The first-order valence-electron chi connectivity index (χ1n) is 7.12. The summed E-state index contributed by atoms with van der Waals surface area (Å²) in [5, 5.41) is 0.784. The fourth-order valence-corrected chi connectivity index (χ4v) is 3.35. The van der Waals surface area contributed by atoms with E-state index in [0.29, 0.717) is 0 Å². The molecule has 1 unspecified atom stereocenters. The normalized spacial score (nSPS) is 20.7. The minimum Gasteiger partial charge on any atom is -0.347 e. The summed E-state index contributed by atoms with van der Waals surface area (Å²) in [6.45, 7) is 5.49. The molecule has 1 aromatic heterocycles. The van der Waals surface area contributed by atoms with Gasteiger partial charge in [0.25, 0.3) is 0 Å². The van der Waals surface area contributed by atoms with Gasteiger partial charge in [0.2, 0.25) is 0 Å². The molecule has 0 saturated carbocycles. The summed E-state index contributed by atoms with van der Waals surface area (Å²) in [6, 6.07) is 10.4.